The van der Waals surface area contributed by atoms with Gasteiger partial charge in [0.15, 0.2) is 0 Å². The van der Waals surface area contributed by atoms with E-state index in [1.54, 1.807) is 18.2 Å². The summed E-state index contributed by atoms with van der Waals surface area (Å²) in [5.41, 5.74) is 0.0972. The second-order valence-electron chi connectivity index (χ2n) is 2.28. The minimum Gasteiger partial charge on any atom is -0.475 e. The van der Waals surface area contributed by atoms with Gasteiger partial charge in [0, 0.05) is 5.56 Å². The number of nitro groups is 1. The molecule has 0 fully saturated rings. The van der Waals surface area contributed by atoms with E-state index in [0.717, 1.165) is 0 Å². The van der Waals surface area contributed by atoms with Crippen LogP contribution in [0.1, 0.15) is 5.56 Å². The summed E-state index contributed by atoms with van der Waals surface area (Å²) in [5, 5.41) is 18.8. The summed E-state index contributed by atoms with van der Waals surface area (Å²) < 4.78 is 0. The number of carboxylic acid groups (broad SMARTS) is 1. The number of aliphatic carboxylic acids is 1. The molecule has 0 aromatic heterocycles. The van der Waals surface area contributed by atoms with Crippen LogP contribution in [0.15, 0.2) is 30.3 Å². The lowest BCUT2D eigenvalue weighted by atomic mass is 10.1. The lowest BCUT2D eigenvalue weighted by molar-refractivity contribution is -0.451. The Bertz CT molecular complexity index is 308. The number of carboxylic acids is 1. The third-order valence-electron chi connectivity index (χ3n) is 1.43. The van der Waals surface area contributed by atoms with Crippen LogP contribution < -0.4 is 0 Å². The highest BCUT2D eigenvalue weighted by molar-refractivity contribution is 5.85. The average Bonchev–Trinajstić information content (AvgIpc) is 2.04. The smallest absolute Gasteiger partial charge is 0.424 e. The maximum Gasteiger partial charge on any atom is 0.424 e. The van der Waals surface area contributed by atoms with Gasteiger partial charge in [-0.15, -0.1) is 0 Å². The predicted octanol–water partition coefficient (Wildman–Crippen LogP) is 0.928. The van der Waals surface area contributed by atoms with Crippen molar-refractivity contribution in [3.8, 4) is 0 Å². The predicted molar refractivity (Wildman–Crippen MR) is 43.4 cm³/mol. The molecule has 1 aromatic rings. The molecule has 0 saturated heterocycles. The molecule has 0 saturated carbocycles. The zero-order valence-corrected chi connectivity index (χ0v) is 6.51. The molecule has 0 atom stereocenters. The van der Waals surface area contributed by atoms with Crippen molar-refractivity contribution in [2.45, 2.75) is 0 Å². The molecule has 0 aliphatic rings. The van der Waals surface area contributed by atoms with E-state index in [1.165, 1.54) is 12.1 Å². The minimum atomic E-state index is -1.53. The van der Waals surface area contributed by atoms with E-state index >= 15 is 0 Å². The Labute approximate surface area is 73.8 Å². The van der Waals surface area contributed by atoms with Gasteiger partial charge in [-0.05, 0) is 0 Å². The second kappa shape index (κ2) is 3.66. The first-order chi connectivity index (χ1) is 6.13. The molecule has 1 radical (unpaired) electrons. The van der Waals surface area contributed by atoms with E-state index in [2.05, 4.69) is 0 Å². The van der Waals surface area contributed by atoms with E-state index in [1.807, 2.05) is 0 Å². The first kappa shape index (κ1) is 9.18. The van der Waals surface area contributed by atoms with Gasteiger partial charge < -0.3 is 5.11 Å². The normalized spacial score (nSPS) is 9.92. The monoisotopic (exact) mass is 180 g/mol. The van der Waals surface area contributed by atoms with Crippen molar-refractivity contribution < 1.29 is 14.8 Å². The highest BCUT2D eigenvalue weighted by Crippen LogP contribution is 2.14. The Hall–Kier alpha value is -1.91. The zero-order chi connectivity index (χ0) is 9.84. The molecule has 5 nitrogen and oxygen atoms in total. The minimum absolute atomic E-state index is 0.0972. The Morgan fingerprint density at radius 3 is 2.23 bits per heavy atom. The van der Waals surface area contributed by atoms with Crippen molar-refractivity contribution in [2.75, 3.05) is 0 Å². The van der Waals surface area contributed by atoms with Gasteiger partial charge in [0.25, 0.3) is 0 Å². The van der Waals surface area contributed by atoms with Crippen molar-refractivity contribution in [2.24, 2.45) is 0 Å². The van der Waals surface area contributed by atoms with Crippen molar-refractivity contribution in [3.05, 3.63) is 52.1 Å². The van der Waals surface area contributed by atoms with Gasteiger partial charge in [0.05, 0.1) is 4.92 Å². The first-order valence-corrected chi connectivity index (χ1v) is 3.43. The van der Waals surface area contributed by atoms with Crippen molar-refractivity contribution in [3.63, 3.8) is 0 Å². The summed E-state index contributed by atoms with van der Waals surface area (Å²) in [4.78, 5) is 19.9. The quantitative estimate of drug-likeness (QED) is 0.554. The average molecular weight is 180 g/mol. The summed E-state index contributed by atoms with van der Waals surface area (Å²) in [7, 11) is 0. The molecule has 1 N–H and O–H groups in total. The van der Waals surface area contributed by atoms with Crippen LogP contribution in [0.3, 0.4) is 0 Å². The number of hydrogen-bond donors (Lipinski definition) is 1. The molecule has 0 unspecified atom stereocenters. The van der Waals surface area contributed by atoms with Gasteiger partial charge in [-0.2, -0.15) is 0 Å². The van der Waals surface area contributed by atoms with E-state index < -0.39 is 16.9 Å². The summed E-state index contributed by atoms with van der Waals surface area (Å²) in [6, 6.07) is 6.70. The van der Waals surface area contributed by atoms with Gasteiger partial charge in [-0.25, -0.2) is 4.79 Å². The van der Waals surface area contributed by atoms with Gasteiger partial charge in [-0.1, -0.05) is 30.3 Å². The number of carbonyl (C=O) groups is 1. The third-order valence-corrected chi connectivity index (χ3v) is 1.43. The maximum atomic E-state index is 10.5. The van der Waals surface area contributed by atoms with E-state index in [0.29, 0.717) is 0 Å². The van der Waals surface area contributed by atoms with Gasteiger partial charge in [0.1, 0.15) is 0 Å². The van der Waals surface area contributed by atoms with Gasteiger partial charge >= 0.3 is 12.0 Å². The molecule has 1 rings (SSSR count). The van der Waals surface area contributed by atoms with Crippen LogP contribution in [-0.2, 0) is 4.79 Å². The van der Waals surface area contributed by atoms with Crippen molar-refractivity contribution >= 4 is 5.97 Å². The highest BCUT2D eigenvalue weighted by atomic mass is 16.6. The number of benzene rings is 1. The van der Waals surface area contributed by atoms with Crippen LogP contribution in [0, 0.1) is 16.2 Å². The van der Waals surface area contributed by atoms with Crippen LogP contribution in [0.2, 0.25) is 0 Å². The second-order valence-corrected chi connectivity index (χ2v) is 2.28. The Morgan fingerprint density at radius 1 is 1.31 bits per heavy atom. The van der Waals surface area contributed by atoms with Gasteiger partial charge in [-0.3, -0.25) is 10.1 Å². The summed E-state index contributed by atoms with van der Waals surface area (Å²) in [6.07, 6.45) is 0. The van der Waals surface area contributed by atoms with Gasteiger partial charge in [0.2, 0.25) is 0 Å². The molecule has 67 valence electrons. The van der Waals surface area contributed by atoms with Crippen LogP contribution in [0.25, 0.3) is 0 Å². The molecule has 0 aliphatic carbocycles. The first-order valence-electron chi connectivity index (χ1n) is 3.43. The van der Waals surface area contributed by atoms with Crippen LogP contribution >= 0.6 is 0 Å². The fourth-order valence-electron chi connectivity index (χ4n) is 0.903. The molecule has 0 heterocycles. The third kappa shape index (κ3) is 2.02. The van der Waals surface area contributed by atoms with Crippen molar-refractivity contribution in [1.82, 2.24) is 0 Å². The Balaban J connectivity index is 3.03. The lowest BCUT2D eigenvalue weighted by Gasteiger charge is -2.00. The molecule has 13 heavy (non-hydrogen) atoms. The summed E-state index contributed by atoms with van der Waals surface area (Å²) in [5.74, 6) is -1.53. The molecule has 5 heteroatoms. The molecule has 0 spiro atoms. The van der Waals surface area contributed by atoms with Crippen LogP contribution in [-0.4, -0.2) is 16.0 Å². The Morgan fingerprint density at radius 2 is 1.85 bits per heavy atom. The molecule has 0 amide bonds. The zero-order valence-electron chi connectivity index (χ0n) is 6.51. The fourth-order valence-corrected chi connectivity index (χ4v) is 0.903. The van der Waals surface area contributed by atoms with E-state index in [9.17, 15) is 14.9 Å². The molecule has 1 aromatic carbocycles. The SMILES string of the molecule is O=C(O)[C](c1ccccc1)[N+](=O)[O-]. The maximum absolute atomic E-state index is 10.5. The topological polar surface area (TPSA) is 80.4 Å². The largest absolute Gasteiger partial charge is 0.475 e. The standard InChI is InChI=1S/C8H6NO4/c10-8(11)7(9(12)13)6-4-2-1-3-5-6/h1-5H,(H,10,11). The Kier molecular flexibility index (Phi) is 2.59. The molecule has 0 aliphatic heterocycles. The summed E-state index contributed by atoms with van der Waals surface area (Å²) in [6.45, 7) is 0. The number of hydrogen-bond acceptors (Lipinski definition) is 3. The molecular weight excluding hydrogens is 174 g/mol. The number of nitrogens with zero attached hydrogens (tertiary/aromatic N) is 1. The van der Waals surface area contributed by atoms with Crippen molar-refractivity contribution in [1.29, 1.82) is 0 Å². The molecule has 0 bridgehead atoms. The molecular formula is C8H6NO4. The van der Waals surface area contributed by atoms with Crippen LogP contribution in [0.4, 0.5) is 0 Å². The highest BCUT2D eigenvalue weighted by Gasteiger charge is 2.34. The number of rotatable bonds is 3. The summed E-state index contributed by atoms with van der Waals surface area (Å²) >= 11 is 0. The lowest BCUT2D eigenvalue weighted by Crippen LogP contribution is -2.21. The van der Waals surface area contributed by atoms with E-state index in [4.69, 9.17) is 5.11 Å². The van der Waals surface area contributed by atoms with E-state index in [-0.39, 0.29) is 5.56 Å². The fraction of sp³-hybridized carbons (Fsp3) is 0. The van der Waals surface area contributed by atoms with Crippen LogP contribution in [0.5, 0.6) is 0 Å².